The van der Waals surface area contributed by atoms with E-state index in [1.165, 1.54) is 0 Å². The van der Waals surface area contributed by atoms with Crippen molar-refractivity contribution in [2.45, 2.75) is 13.3 Å². The minimum Gasteiger partial charge on any atom is -0.380 e. The number of hydrogen-bond donors (Lipinski definition) is 0. The standard InChI is InChI=1S/C6H11N3O/c1-2-6(3-8-9-7)4-10-5-6/h2-5H2,1H3. The van der Waals surface area contributed by atoms with Gasteiger partial charge in [-0.3, -0.25) is 0 Å². The largest absolute Gasteiger partial charge is 0.380 e. The van der Waals surface area contributed by atoms with Gasteiger partial charge >= 0.3 is 0 Å². The number of rotatable bonds is 3. The maximum atomic E-state index is 8.06. The highest BCUT2D eigenvalue weighted by atomic mass is 16.5. The van der Waals surface area contributed by atoms with Crippen LogP contribution in [0, 0.1) is 5.41 Å². The van der Waals surface area contributed by atoms with E-state index in [9.17, 15) is 0 Å². The van der Waals surface area contributed by atoms with Gasteiger partial charge in [0, 0.05) is 16.9 Å². The summed E-state index contributed by atoms with van der Waals surface area (Å²) in [7, 11) is 0. The van der Waals surface area contributed by atoms with E-state index in [2.05, 4.69) is 16.9 Å². The van der Waals surface area contributed by atoms with Crippen LogP contribution in [0.25, 0.3) is 10.4 Å². The van der Waals surface area contributed by atoms with Crippen LogP contribution in [0.15, 0.2) is 5.11 Å². The highest BCUT2D eigenvalue weighted by Crippen LogP contribution is 2.31. The number of nitrogens with zero attached hydrogens (tertiary/aromatic N) is 3. The van der Waals surface area contributed by atoms with Gasteiger partial charge in [0.05, 0.1) is 13.2 Å². The van der Waals surface area contributed by atoms with E-state index in [1.54, 1.807) is 0 Å². The van der Waals surface area contributed by atoms with Crippen LogP contribution >= 0.6 is 0 Å². The van der Waals surface area contributed by atoms with Crippen LogP contribution in [0.2, 0.25) is 0 Å². The molecule has 0 N–H and O–H groups in total. The quantitative estimate of drug-likeness (QED) is 0.335. The van der Waals surface area contributed by atoms with Crippen molar-refractivity contribution in [3.8, 4) is 0 Å². The lowest BCUT2D eigenvalue weighted by atomic mass is 9.83. The van der Waals surface area contributed by atoms with Gasteiger partial charge in [0.15, 0.2) is 0 Å². The molecule has 0 aromatic heterocycles. The molecule has 4 nitrogen and oxygen atoms in total. The van der Waals surface area contributed by atoms with E-state index < -0.39 is 0 Å². The molecule has 0 saturated carbocycles. The summed E-state index contributed by atoms with van der Waals surface area (Å²) in [4.78, 5) is 2.72. The first-order chi connectivity index (χ1) is 4.83. The molecule has 1 saturated heterocycles. The van der Waals surface area contributed by atoms with Crippen molar-refractivity contribution in [1.29, 1.82) is 0 Å². The Morgan fingerprint density at radius 3 is 2.70 bits per heavy atom. The monoisotopic (exact) mass is 141 g/mol. The molecule has 1 rings (SSSR count). The Morgan fingerprint density at radius 1 is 1.70 bits per heavy atom. The van der Waals surface area contributed by atoms with Gasteiger partial charge in [0.25, 0.3) is 0 Å². The van der Waals surface area contributed by atoms with Crippen molar-refractivity contribution in [2.24, 2.45) is 10.5 Å². The Balaban J connectivity index is 2.40. The maximum Gasteiger partial charge on any atom is 0.0546 e. The number of hydrogen-bond acceptors (Lipinski definition) is 2. The lowest BCUT2D eigenvalue weighted by Gasteiger charge is -2.39. The molecular formula is C6H11N3O. The molecule has 4 heteroatoms. The lowest BCUT2D eigenvalue weighted by Crippen LogP contribution is -2.44. The highest BCUT2D eigenvalue weighted by molar-refractivity contribution is 4.86. The fourth-order valence-electron chi connectivity index (χ4n) is 0.980. The van der Waals surface area contributed by atoms with E-state index in [0.29, 0.717) is 6.54 Å². The molecular weight excluding hydrogens is 130 g/mol. The number of azide groups is 1. The van der Waals surface area contributed by atoms with Crippen LogP contribution in [0.4, 0.5) is 0 Å². The van der Waals surface area contributed by atoms with Gasteiger partial charge in [-0.25, -0.2) is 0 Å². The predicted molar refractivity (Wildman–Crippen MR) is 37.6 cm³/mol. The van der Waals surface area contributed by atoms with E-state index in [1.807, 2.05) is 0 Å². The molecule has 0 aliphatic carbocycles. The number of ether oxygens (including phenoxy) is 1. The van der Waals surface area contributed by atoms with E-state index >= 15 is 0 Å². The summed E-state index contributed by atoms with van der Waals surface area (Å²) in [6.45, 7) is 4.18. The van der Waals surface area contributed by atoms with Gasteiger partial charge < -0.3 is 4.74 Å². The molecule has 0 bridgehead atoms. The van der Waals surface area contributed by atoms with Crippen molar-refractivity contribution in [2.75, 3.05) is 19.8 Å². The first kappa shape index (κ1) is 7.38. The molecule has 0 atom stereocenters. The third kappa shape index (κ3) is 1.23. The Morgan fingerprint density at radius 2 is 2.40 bits per heavy atom. The molecule has 0 amide bonds. The van der Waals surface area contributed by atoms with E-state index in [-0.39, 0.29) is 5.41 Å². The van der Waals surface area contributed by atoms with Gasteiger partial charge in [0.1, 0.15) is 0 Å². The van der Waals surface area contributed by atoms with Gasteiger partial charge in [-0.15, -0.1) is 0 Å². The fraction of sp³-hybridized carbons (Fsp3) is 1.00. The second-order valence-corrected chi connectivity index (χ2v) is 2.74. The Kier molecular flexibility index (Phi) is 2.14. The smallest absolute Gasteiger partial charge is 0.0546 e. The average Bonchev–Trinajstić information content (AvgIpc) is 1.87. The zero-order valence-corrected chi connectivity index (χ0v) is 6.08. The van der Waals surface area contributed by atoms with Crippen molar-refractivity contribution in [3.05, 3.63) is 10.4 Å². The molecule has 1 fully saturated rings. The molecule has 0 radical (unpaired) electrons. The second-order valence-electron chi connectivity index (χ2n) is 2.74. The first-order valence-corrected chi connectivity index (χ1v) is 3.41. The van der Waals surface area contributed by atoms with Gasteiger partial charge in [-0.1, -0.05) is 12.0 Å². The summed E-state index contributed by atoms with van der Waals surface area (Å²) in [5, 5.41) is 3.54. The van der Waals surface area contributed by atoms with Gasteiger partial charge in [0.2, 0.25) is 0 Å². The third-order valence-electron chi connectivity index (χ3n) is 2.04. The molecule has 56 valence electrons. The Hall–Kier alpha value is -0.730. The topological polar surface area (TPSA) is 58.0 Å². The normalized spacial score (nSPS) is 20.9. The summed E-state index contributed by atoms with van der Waals surface area (Å²) in [6, 6.07) is 0. The summed E-state index contributed by atoms with van der Waals surface area (Å²) in [6.07, 6.45) is 1.03. The van der Waals surface area contributed by atoms with Crippen molar-refractivity contribution < 1.29 is 4.74 Å². The summed E-state index contributed by atoms with van der Waals surface area (Å²) >= 11 is 0. The minimum atomic E-state index is 0.173. The van der Waals surface area contributed by atoms with Gasteiger partial charge in [-0.05, 0) is 12.0 Å². The van der Waals surface area contributed by atoms with Crippen LogP contribution < -0.4 is 0 Å². The molecule has 0 aromatic rings. The Labute approximate surface area is 59.8 Å². The molecule has 0 spiro atoms. The van der Waals surface area contributed by atoms with Crippen LogP contribution in [0.5, 0.6) is 0 Å². The maximum absolute atomic E-state index is 8.06. The molecule has 1 heterocycles. The molecule has 0 unspecified atom stereocenters. The van der Waals surface area contributed by atoms with Crippen molar-refractivity contribution >= 4 is 0 Å². The van der Waals surface area contributed by atoms with Crippen LogP contribution in [-0.2, 0) is 4.74 Å². The highest BCUT2D eigenvalue weighted by Gasteiger charge is 2.35. The zero-order chi connectivity index (χ0) is 7.45. The van der Waals surface area contributed by atoms with Crippen LogP contribution in [0.1, 0.15) is 13.3 Å². The summed E-state index contributed by atoms with van der Waals surface area (Å²) in [5.74, 6) is 0. The van der Waals surface area contributed by atoms with Gasteiger partial charge in [-0.2, -0.15) is 0 Å². The lowest BCUT2D eigenvalue weighted by molar-refractivity contribution is -0.108. The SMILES string of the molecule is CCC1(CN=[N+]=[N-])COC1. The van der Waals surface area contributed by atoms with Crippen LogP contribution in [-0.4, -0.2) is 19.8 Å². The average molecular weight is 141 g/mol. The van der Waals surface area contributed by atoms with Crippen LogP contribution in [0.3, 0.4) is 0 Å². The van der Waals surface area contributed by atoms with Crippen molar-refractivity contribution in [1.82, 2.24) is 0 Å². The molecule has 1 aliphatic heterocycles. The molecule has 10 heavy (non-hydrogen) atoms. The van der Waals surface area contributed by atoms with E-state index in [0.717, 1.165) is 19.6 Å². The molecule has 0 aromatic carbocycles. The van der Waals surface area contributed by atoms with E-state index in [4.69, 9.17) is 10.3 Å². The third-order valence-corrected chi connectivity index (χ3v) is 2.04. The second kappa shape index (κ2) is 2.90. The Bertz CT molecular complexity index is 153. The molecule has 1 aliphatic rings. The zero-order valence-electron chi connectivity index (χ0n) is 6.08. The minimum absolute atomic E-state index is 0.173. The summed E-state index contributed by atoms with van der Waals surface area (Å²) < 4.78 is 5.04. The van der Waals surface area contributed by atoms with Crippen molar-refractivity contribution in [3.63, 3.8) is 0 Å². The summed E-state index contributed by atoms with van der Waals surface area (Å²) in [5.41, 5.74) is 8.24. The first-order valence-electron chi connectivity index (χ1n) is 3.41. The predicted octanol–water partition coefficient (Wildman–Crippen LogP) is 1.72. The fourth-order valence-corrected chi connectivity index (χ4v) is 0.980.